The van der Waals surface area contributed by atoms with Crippen LogP contribution in [0, 0.1) is 0 Å². The van der Waals surface area contributed by atoms with E-state index in [-0.39, 0.29) is 21.8 Å². The first-order valence-electron chi connectivity index (χ1n) is 4.29. The summed E-state index contributed by atoms with van der Waals surface area (Å²) < 4.78 is 16.1. The first-order chi connectivity index (χ1) is 7.89. The van der Waals surface area contributed by atoms with Gasteiger partial charge in [0.1, 0.15) is 11.0 Å². The molecule has 7 nitrogen and oxygen atoms in total. The van der Waals surface area contributed by atoms with E-state index in [1.165, 1.54) is 11.4 Å². The number of carbonyl (C=O) groups excluding carboxylic acids is 1. The van der Waals surface area contributed by atoms with Gasteiger partial charge >= 0.3 is 7.60 Å². The first kappa shape index (κ1) is 12.0. The van der Waals surface area contributed by atoms with E-state index in [4.69, 9.17) is 19.9 Å². The second kappa shape index (κ2) is 4.08. The number of hydrogen-bond acceptors (Lipinski definition) is 5. The van der Waals surface area contributed by atoms with Crippen molar-refractivity contribution in [2.45, 2.75) is 0 Å². The molecule has 0 aliphatic rings. The third-order valence-electron chi connectivity index (χ3n) is 1.91. The van der Waals surface area contributed by atoms with Crippen LogP contribution in [0.4, 0.5) is 0 Å². The van der Waals surface area contributed by atoms with Crippen molar-refractivity contribution in [3.8, 4) is 11.5 Å². The van der Waals surface area contributed by atoms with E-state index in [1.807, 2.05) is 0 Å². The van der Waals surface area contributed by atoms with E-state index in [0.717, 1.165) is 17.6 Å². The predicted octanol–water partition coefficient (Wildman–Crippen LogP) is 0.305. The molecular formula is C8H7N2O5PS. The Hall–Kier alpha value is -1.47. The average molecular weight is 274 g/mol. The van der Waals surface area contributed by atoms with Crippen LogP contribution in [0.3, 0.4) is 0 Å². The van der Waals surface area contributed by atoms with Crippen molar-refractivity contribution in [2.75, 3.05) is 0 Å². The monoisotopic (exact) mass is 274 g/mol. The van der Waals surface area contributed by atoms with Crippen LogP contribution >= 0.6 is 18.9 Å². The lowest BCUT2D eigenvalue weighted by Gasteiger charge is -2.01. The Balaban J connectivity index is 2.50. The van der Waals surface area contributed by atoms with Gasteiger partial charge in [-0.3, -0.25) is 9.36 Å². The molecule has 2 rings (SSSR count). The van der Waals surface area contributed by atoms with E-state index >= 15 is 0 Å². The molecule has 0 radical (unpaired) electrons. The van der Waals surface area contributed by atoms with Crippen LogP contribution in [0.5, 0.6) is 0 Å². The lowest BCUT2D eigenvalue weighted by Crippen LogP contribution is -2.10. The molecular weight excluding hydrogens is 267 g/mol. The molecule has 9 heteroatoms. The van der Waals surface area contributed by atoms with Gasteiger partial charge in [0.2, 0.25) is 0 Å². The predicted molar refractivity (Wildman–Crippen MR) is 60.0 cm³/mol. The van der Waals surface area contributed by atoms with Crippen molar-refractivity contribution in [3.63, 3.8) is 0 Å². The Kier molecular flexibility index (Phi) is 2.88. The highest BCUT2D eigenvalue weighted by atomic mass is 32.1. The van der Waals surface area contributed by atoms with Crippen molar-refractivity contribution < 1.29 is 23.6 Å². The Morgan fingerprint density at radius 3 is 2.76 bits per heavy atom. The smallest absolute Gasteiger partial charge is 0.360 e. The van der Waals surface area contributed by atoms with Gasteiger partial charge in [0.05, 0.1) is 6.26 Å². The molecule has 0 unspecified atom stereocenters. The van der Waals surface area contributed by atoms with Crippen molar-refractivity contribution in [3.05, 3.63) is 22.7 Å². The average Bonchev–Trinajstić information content (AvgIpc) is 2.85. The largest absolute Gasteiger partial charge is 0.462 e. The third-order valence-corrected chi connectivity index (χ3v) is 3.74. The van der Waals surface area contributed by atoms with Crippen LogP contribution in [-0.4, -0.2) is 20.7 Å². The Labute approximate surface area is 99.1 Å². The van der Waals surface area contributed by atoms with Crippen LogP contribution in [-0.2, 0) is 4.57 Å². The second-order valence-corrected chi connectivity index (χ2v) is 5.51. The number of primary amides is 1. The van der Waals surface area contributed by atoms with Gasteiger partial charge in [-0.05, 0) is 6.07 Å². The van der Waals surface area contributed by atoms with Crippen LogP contribution in [0.15, 0.2) is 22.1 Å². The molecule has 0 saturated heterocycles. The fourth-order valence-electron chi connectivity index (χ4n) is 1.21. The molecule has 90 valence electrons. The number of carbonyl (C=O) groups is 1. The highest BCUT2D eigenvalue weighted by molar-refractivity contribution is 7.60. The molecule has 2 heterocycles. The van der Waals surface area contributed by atoms with Crippen LogP contribution in [0.2, 0.25) is 0 Å². The van der Waals surface area contributed by atoms with Gasteiger partial charge in [-0.15, -0.1) is 11.3 Å². The fourth-order valence-corrected chi connectivity index (χ4v) is 2.55. The van der Waals surface area contributed by atoms with Crippen LogP contribution < -0.4 is 11.0 Å². The molecule has 0 aliphatic carbocycles. The topological polar surface area (TPSA) is 127 Å². The molecule has 1 amide bonds. The van der Waals surface area contributed by atoms with Gasteiger partial charge in [0.15, 0.2) is 10.8 Å². The minimum Gasteiger partial charge on any atom is -0.462 e. The van der Waals surface area contributed by atoms with Gasteiger partial charge < -0.3 is 19.9 Å². The maximum atomic E-state index is 11.1. The standard InChI is InChI=1S/C8H7N2O5PS/c9-7(11)8-10-4(3-17-8)6-5(1-2-15-6)16(12,13)14/h1-3H,(H2,9,11)(H2,12,13,14). The summed E-state index contributed by atoms with van der Waals surface area (Å²) in [5.74, 6) is -0.757. The number of nitrogens with two attached hydrogens (primary N) is 1. The number of thiazole rings is 1. The summed E-state index contributed by atoms with van der Waals surface area (Å²) in [6.45, 7) is 0. The van der Waals surface area contributed by atoms with Gasteiger partial charge in [0, 0.05) is 5.38 Å². The first-order valence-corrected chi connectivity index (χ1v) is 6.78. The Morgan fingerprint density at radius 1 is 1.53 bits per heavy atom. The maximum Gasteiger partial charge on any atom is 0.360 e. The van der Waals surface area contributed by atoms with Crippen molar-refractivity contribution in [1.29, 1.82) is 0 Å². The molecule has 17 heavy (non-hydrogen) atoms. The summed E-state index contributed by atoms with van der Waals surface area (Å²) in [5.41, 5.74) is 5.20. The summed E-state index contributed by atoms with van der Waals surface area (Å²) in [7, 11) is -4.43. The van der Waals surface area contributed by atoms with E-state index in [9.17, 15) is 9.36 Å². The molecule has 0 atom stereocenters. The molecule has 2 aromatic heterocycles. The fraction of sp³-hybridized carbons (Fsp3) is 0. The summed E-state index contributed by atoms with van der Waals surface area (Å²) in [4.78, 5) is 32.8. The Bertz CT molecular complexity index is 613. The maximum absolute atomic E-state index is 11.1. The van der Waals surface area contributed by atoms with Gasteiger partial charge in [-0.25, -0.2) is 4.98 Å². The molecule has 0 fully saturated rings. The molecule has 0 bridgehead atoms. The summed E-state index contributed by atoms with van der Waals surface area (Å²) in [6, 6.07) is 1.17. The highest BCUT2D eigenvalue weighted by Crippen LogP contribution is 2.38. The normalized spacial score (nSPS) is 11.6. The van der Waals surface area contributed by atoms with E-state index < -0.39 is 13.5 Å². The number of furan rings is 1. The molecule has 0 aromatic carbocycles. The molecule has 4 N–H and O–H groups in total. The molecule has 0 aliphatic heterocycles. The van der Waals surface area contributed by atoms with Gasteiger partial charge in [0.25, 0.3) is 5.91 Å². The summed E-state index contributed by atoms with van der Waals surface area (Å²) in [5, 5.41) is 1.23. The van der Waals surface area contributed by atoms with Crippen molar-refractivity contribution >= 4 is 30.1 Å². The lowest BCUT2D eigenvalue weighted by atomic mass is 10.3. The lowest BCUT2D eigenvalue weighted by molar-refractivity contribution is 0.1000. The Morgan fingerprint density at radius 2 is 2.24 bits per heavy atom. The number of rotatable bonds is 3. The van der Waals surface area contributed by atoms with Crippen LogP contribution in [0.1, 0.15) is 9.80 Å². The van der Waals surface area contributed by atoms with Crippen molar-refractivity contribution in [1.82, 2.24) is 4.98 Å². The third kappa shape index (κ3) is 2.29. The number of hydrogen-bond donors (Lipinski definition) is 3. The zero-order valence-corrected chi connectivity index (χ0v) is 9.94. The SMILES string of the molecule is NC(=O)c1nc(-c2occc2P(=O)(O)O)cs1. The zero-order chi connectivity index (χ0) is 12.6. The van der Waals surface area contributed by atoms with E-state index in [2.05, 4.69) is 4.98 Å². The number of nitrogens with zero attached hydrogens (tertiary/aromatic N) is 1. The summed E-state index contributed by atoms with van der Waals surface area (Å²) in [6.07, 6.45) is 1.15. The number of aromatic nitrogens is 1. The zero-order valence-electron chi connectivity index (χ0n) is 8.23. The molecule has 0 spiro atoms. The molecule has 2 aromatic rings. The van der Waals surface area contributed by atoms with E-state index in [1.54, 1.807) is 0 Å². The van der Waals surface area contributed by atoms with Gasteiger partial charge in [-0.1, -0.05) is 0 Å². The minimum absolute atomic E-state index is 0.0491. The second-order valence-electron chi connectivity index (χ2n) is 3.08. The quantitative estimate of drug-likeness (QED) is 0.691. The van der Waals surface area contributed by atoms with Crippen LogP contribution in [0.25, 0.3) is 11.5 Å². The molecule has 0 saturated carbocycles. The van der Waals surface area contributed by atoms with E-state index in [0.29, 0.717) is 0 Å². The number of amides is 1. The van der Waals surface area contributed by atoms with Gasteiger partial charge in [-0.2, -0.15) is 0 Å². The van der Waals surface area contributed by atoms with Crippen molar-refractivity contribution in [2.24, 2.45) is 5.73 Å². The highest BCUT2D eigenvalue weighted by Gasteiger charge is 2.26. The minimum atomic E-state index is -4.43. The summed E-state index contributed by atoms with van der Waals surface area (Å²) >= 11 is 0.977.